The lowest BCUT2D eigenvalue weighted by Gasteiger charge is -2.37. The molecule has 0 spiro atoms. The fourth-order valence-corrected chi connectivity index (χ4v) is 5.78. The van der Waals surface area contributed by atoms with Crippen LogP contribution in [0.1, 0.15) is 50.8 Å². The average Bonchev–Trinajstić information content (AvgIpc) is 3.67. The van der Waals surface area contributed by atoms with Crippen LogP contribution in [-0.2, 0) is 4.74 Å². The van der Waals surface area contributed by atoms with Crippen molar-refractivity contribution in [2.45, 2.75) is 52.2 Å². The summed E-state index contributed by atoms with van der Waals surface area (Å²) in [6.07, 6.45) is 4.94. The largest absolute Gasteiger partial charge is 0.444 e. The number of hydrogen-bond acceptors (Lipinski definition) is 6. The molecule has 4 aromatic rings. The van der Waals surface area contributed by atoms with Gasteiger partial charge in [0, 0.05) is 54.3 Å². The first-order chi connectivity index (χ1) is 19.1. The maximum absolute atomic E-state index is 16.5. The smallest absolute Gasteiger partial charge is 0.410 e. The van der Waals surface area contributed by atoms with Gasteiger partial charge in [0.05, 0.1) is 34.0 Å². The number of piperazine rings is 1. The van der Waals surface area contributed by atoms with E-state index < -0.39 is 11.4 Å². The van der Waals surface area contributed by atoms with E-state index in [4.69, 9.17) is 16.3 Å². The van der Waals surface area contributed by atoms with Gasteiger partial charge in [0.15, 0.2) is 5.82 Å². The Balaban J connectivity index is 1.44. The van der Waals surface area contributed by atoms with Crippen molar-refractivity contribution in [3.05, 3.63) is 52.6 Å². The van der Waals surface area contributed by atoms with Gasteiger partial charge >= 0.3 is 6.09 Å². The number of halogens is 2. The molecule has 0 unspecified atom stereocenters. The van der Waals surface area contributed by atoms with Crippen molar-refractivity contribution >= 4 is 45.2 Å². The van der Waals surface area contributed by atoms with Gasteiger partial charge in [-0.3, -0.25) is 9.67 Å². The quantitative estimate of drug-likeness (QED) is 0.280. The third-order valence-electron chi connectivity index (χ3n) is 7.50. The number of nitrogens with zero attached hydrogens (tertiary/aromatic N) is 6. The highest BCUT2D eigenvalue weighted by atomic mass is 35.5. The van der Waals surface area contributed by atoms with E-state index in [2.05, 4.69) is 16.2 Å². The predicted octanol–water partition coefficient (Wildman–Crippen LogP) is 6.62. The van der Waals surface area contributed by atoms with Crippen LogP contribution in [0.3, 0.4) is 0 Å². The molecule has 2 aromatic carbocycles. The Kier molecular flexibility index (Phi) is 6.34. The lowest BCUT2D eigenvalue weighted by Crippen LogP contribution is -2.50. The highest BCUT2D eigenvalue weighted by Crippen LogP contribution is 2.45. The second-order valence-electron chi connectivity index (χ2n) is 11.5. The molecule has 0 bridgehead atoms. The third-order valence-corrected chi connectivity index (χ3v) is 7.80. The number of anilines is 1. The monoisotopic (exact) mass is 560 g/mol. The van der Waals surface area contributed by atoms with Crippen LogP contribution in [-0.4, -0.2) is 57.5 Å². The number of hydrogen-bond donors (Lipinski definition) is 0. The molecule has 1 aliphatic carbocycles. The minimum absolute atomic E-state index is 0.150. The predicted molar refractivity (Wildman–Crippen MR) is 153 cm³/mol. The van der Waals surface area contributed by atoms with Crippen LogP contribution in [0.25, 0.3) is 32.9 Å². The zero-order valence-electron chi connectivity index (χ0n) is 23.0. The van der Waals surface area contributed by atoms with Crippen molar-refractivity contribution in [3.63, 3.8) is 0 Å². The Labute approximate surface area is 236 Å². The highest BCUT2D eigenvalue weighted by molar-refractivity contribution is 6.35. The van der Waals surface area contributed by atoms with Gasteiger partial charge in [-0.15, -0.1) is 0 Å². The van der Waals surface area contributed by atoms with Gasteiger partial charge in [0.25, 0.3) is 0 Å². The molecular weight excluding hydrogens is 531 g/mol. The topological polar surface area (TPSA) is 87.3 Å². The Morgan fingerprint density at radius 1 is 1.15 bits per heavy atom. The van der Waals surface area contributed by atoms with E-state index in [0.717, 1.165) is 29.3 Å². The van der Waals surface area contributed by atoms with E-state index >= 15 is 4.39 Å². The zero-order chi connectivity index (χ0) is 28.3. The standard InChI is InChI=1S/C30H30ClFN6O2/c1-17-5-6-18-16-35-38(20-7-8-20)28(18)23(17)24-22(31)13-21-26(25(24)32)34-15-19(14-33)27(21)36-9-11-37(12-10-36)29(39)40-30(2,3)4/h5-6,13,15-16,20H,7-12H2,1-4H3. The fourth-order valence-electron chi connectivity index (χ4n) is 5.49. The van der Waals surface area contributed by atoms with Gasteiger partial charge in [-0.2, -0.15) is 10.4 Å². The Hall–Kier alpha value is -3.90. The molecule has 0 atom stereocenters. The molecule has 10 heteroatoms. The normalized spacial score (nSPS) is 16.0. The van der Waals surface area contributed by atoms with Crippen LogP contribution in [0.15, 0.2) is 30.6 Å². The summed E-state index contributed by atoms with van der Waals surface area (Å²) in [5, 5.41) is 16.2. The minimum Gasteiger partial charge on any atom is -0.444 e. The van der Waals surface area contributed by atoms with Crippen LogP contribution in [0.5, 0.6) is 0 Å². The van der Waals surface area contributed by atoms with Crippen molar-refractivity contribution in [1.29, 1.82) is 5.26 Å². The van der Waals surface area contributed by atoms with Gasteiger partial charge in [-0.1, -0.05) is 23.7 Å². The zero-order valence-corrected chi connectivity index (χ0v) is 23.7. The number of pyridine rings is 1. The molecule has 2 aromatic heterocycles. The van der Waals surface area contributed by atoms with Crippen molar-refractivity contribution in [2.24, 2.45) is 0 Å². The van der Waals surface area contributed by atoms with Gasteiger partial charge in [0.2, 0.25) is 0 Å². The fraction of sp³-hybridized carbons (Fsp3) is 0.400. The lowest BCUT2D eigenvalue weighted by molar-refractivity contribution is 0.0240. The molecule has 40 heavy (non-hydrogen) atoms. The van der Waals surface area contributed by atoms with Crippen LogP contribution >= 0.6 is 11.6 Å². The molecule has 0 radical (unpaired) electrons. The average molecular weight is 561 g/mol. The third kappa shape index (κ3) is 4.50. The number of carbonyl (C=O) groups is 1. The van der Waals surface area contributed by atoms with Crippen molar-refractivity contribution in [2.75, 3.05) is 31.1 Å². The molecule has 1 amide bonds. The molecule has 1 saturated heterocycles. The van der Waals surface area contributed by atoms with Crippen molar-refractivity contribution in [3.8, 4) is 17.2 Å². The second kappa shape index (κ2) is 9.63. The van der Waals surface area contributed by atoms with Crippen LogP contribution in [0.4, 0.5) is 14.9 Å². The molecule has 3 heterocycles. The number of nitriles is 1. The first-order valence-corrected chi connectivity index (χ1v) is 13.9. The summed E-state index contributed by atoms with van der Waals surface area (Å²) in [4.78, 5) is 20.6. The number of amides is 1. The van der Waals surface area contributed by atoms with Gasteiger partial charge in [-0.05, 0) is 52.2 Å². The number of rotatable bonds is 3. The minimum atomic E-state index is -0.589. The molecule has 8 nitrogen and oxygen atoms in total. The number of aryl methyl sites for hydroxylation is 1. The van der Waals surface area contributed by atoms with E-state index in [0.29, 0.717) is 54.4 Å². The lowest BCUT2D eigenvalue weighted by atomic mass is 9.95. The van der Waals surface area contributed by atoms with E-state index in [-0.39, 0.29) is 22.2 Å². The first-order valence-electron chi connectivity index (χ1n) is 13.5. The van der Waals surface area contributed by atoms with Crippen molar-refractivity contribution < 1.29 is 13.9 Å². The number of benzene rings is 2. The molecule has 1 saturated carbocycles. The summed E-state index contributed by atoms with van der Waals surface area (Å²) in [5.41, 5.74) is 3.22. The van der Waals surface area contributed by atoms with Crippen molar-refractivity contribution in [1.82, 2.24) is 19.7 Å². The summed E-state index contributed by atoms with van der Waals surface area (Å²) < 4.78 is 24.0. The molecule has 0 N–H and O–H groups in total. The van der Waals surface area contributed by atoms with Crippen LogP contribution in [0.2, 0.25) is 5.02 Å². The van der Waals surface area contributed by atoms with Gasteiger partial charge in [0.1, 0.15) is 17.2 Å². The van der Waals surface area contributed by atoms with E-state index in [1.165, 1.54) is 6.20 Å². The maximum Gasteiger partial charge on any atom is 0.410 e. The molecule has 206 valence electrons. The molecule has 2 aliphatic rings. The van der Waals surface area contributed by atoms with Crippen LogP contribution in [0, 0.1) is 24.1 Å². The van der Waals surface area contributed by atoms with E-state index in [1.807, 2.05) is 55.6 Å². The Morgan fingerprint density at radius 2 is 1.88 bits per heavy atom. The summed E-state index contributed by atoms with van der Waals surface area (Å²) in [7, 11) is 0. The highest BCUT2D eigenvalue weighted by Gasteiger charge is 2.31. The Bertz CT molecular complexity index is 1710. The van der Waals surface area contributed by atoms with E-state index in [1.54, 1.807) is 11.0 Å². The molecular formula is C30H30ClFN6O2. The Morgan fingerprint density at radius 3 is 2.52 bits per heavy atom. The maximum atomic E-state index is 16.5. The first kappa shape index (κ1) is 26.3. The SMILES string of the molecule is Cc1ccc2cnn(C3CC3)c2c1-c1c(Cl)cc2c(N3CCN(C(=O)OC(C)(C)C)CC3)c(C#N)cnc2c1F. The number of ether oxygens (including phenoxy) is 1. The number of aromatic nitrogens is 3. The summed E-state index contributed by atoms with van der Waals surface area (Å²) >= 11 is 6.89. The summed E-state index contributed by atoms with van der Waals surface area (Å²) in [5.74, 6) is -0.528. The number of carbonyl (C=O) groups excluding carboxylic acids is 1. The van der Waals surface area contributed by atoms with Crippen LogP contribution < -0.4 is 4.90 Å². The second-order valence-corrected chi connectivity index (χ2v) is 12.0. The molecule has 2 fully saturated rings. The van der Waals surface area contributed by atoms with E-state index in [9.17, 15) is 10.1 Å². The number of fused-ring (bicyclic) bond motifs is 2. The summed E-state index contributed by atoms with van der Waals surface area (Å²) in [6.45, 7) is 9.16. The summed E-state index contributed by atoms with van der Waals surface area (Å²) in [6, 6.07) is 8.19. The molecule has 1 aliphatic heterocycles. The molecule has 6 rings (SSSR count). The van der Waals surface area contributed by atoms with Gasteiger partial charge < -0.3 is 14.5 Å². The van der Waals surface area contributed by atoms with Gasteiger partial charge in [-0.25, -0.2) is 9.18 Å².